The Hall–Kier alpha value is -4.50. The van der Waals surface area contributed by atoms with E-state index < -0.39 is 5.97 Å². The molecule has 0 aliphatic heterocycles. The van der Waals surface area contributed by atoms with Crippen LogP contribution in [0.15, 0.2) is 73.1 Å². The molecule has 1 amide bonds. The molecule has 0 saturated heterocycles. The number of para-hydroxylation sites is 2. The summed E-state index contributed by atoms with van der Waals surface area (Å²) in [6.07, 6.45) is 1.34. The molecule has 0 bridgehead atoms. The minimum absolute atomic E-state index is 0.120. The summed E-state index contributed by atoms with van der Waals surface area (Å²) in [5.74, 6) is -0.217. The molecule has 9 nitrogen and oxygen atoms in total. The van der Waals surface area contributed by atoms with Crippen molar-refractivity contribution in [1.29, 1.82) is 0 Å². The second kappa shape index (κ2) is 12.6. The fourth-order valence-electron chi connectivity index (χ4n) is 4.15. The number of nitrogens with one attached hydrogen (secondary N) is 2. The van der Waals surface area contributed by atoms with Gasteiger partial charge < -0.3 is 25.4 Å². The van der Waals surface area contributed by atoms with E-state index in [0.29, 0.717) is 46.9 Å². The van der Waals surface area contributed by atoms with Gasteiger partial charge in [0, 0.05) is 24.2 Å². The van der Waals surface area contributed by atoms with Gasteiger partial charge in [-0.2, -0.15) is 0 Å². The van der Waals surface area contributed by atoms with Gasteiger partial charge in [0.05, 0.1) is 16.6 Å². The number of likely N-dealkylation sites (N-methyl/N-ethyl adjacent to an activating group) is 1. The molecule has 9 heteroatoms. The number of aromatic carboxylic acids is 1. The number of amides is 1. The molecule has 0 aliphatic carbocycles. The lowest BCUT2D eigenvalue weighted by Crippen LogP contribution is -2.28. The molecule has 4 aromatic rings. The number of carboxylic acids is 1. The van der Waals surface area contributed by atoms with Crippen molar-refractivity contribution in [3.63, 3.8) is 0 Å². The molecule has 0 saturated carbocycles. The lowest BCUT2D eigenvalue weighted by molar-refractivity contribution is 0.0698. The molecule has 1 heterocycles. The zero-order valence-corrected chi connectivity index (χ0v) is 21.5. The van der Waals surface area contributed by atoms with Crippen LogP contribution >= 0.6 is 0 Å². The Bertz CT molecular complexity index is 1420. The standard InChI is InChI=1S/C29H31N5O4/c1-3-34(4-2)15-16-38-25-14-6-5-11-22(25)28(35)33-21-10-7-9-20(17-21)18-30-27-23-12-8-13-24(29(36)37)26(23)31-19-32-27/h5-14,17,19H,3-4,15-16,18H2,1-2H3,(H,33,35)(H,36,37)(H,30,31,32). The molecule has 1 aromatic heterocycles. The number of carbonyl (C=O) groups is 2. The number of fused-ring (bicyclic) bond motifs is 1. The normalized spacial score (nSPS) is 10.9. The summed E-state index contributed by atoms with van der Waals surface area (Å²) in [4.78, 5) is 35.3. The average Bonchev–Trinajstić information content (AvgIpc) is 2.94. The molecule has 3 N–H and O–H groups in total. The minimum Gasteiger partial charge on any atom is -0.491 e. The van der Waals surface area contributed by atoms with Crippen molar-refractivity contribution in [2.24, 2.45) is 0 Å². The van der Waals surface area contributed by atoms with Crippen LogP contribution in [0.5, 0.6) is 5.75 Å². The van der Waals surface area contributed by atoms with Crippen LogP contribution in [0, 0.1) is 0 Å². The van der Waals surface area contributed by atoms with Crippen molar-refractivity contribution in [2.45, 2.75) is 20.4 Å². The summed E-state index contributed by atoms with van der Waals surface area (Å²) in [6, 6.07) is 19.7. The van der Waals surface area contributed by atoms with Crippen molar-refractivity contribution in [1.82, 2.24) is 14.9 Å². The van der Waals surface area contributed by atoms with Gasteiger partial charge in [-0.3, -0.25) is 4.79 Å². The summed E-state index contributed by atoms with van der Waals surface area (Å²) in [7, 11) is 0. The number of nitrogens with zero attached hydrogens (tertiary/aromatic N) is 3. The van der Waals surface area contributed by atoms with Crippen LogP contribution in [0.3, 0.4) is 0 Å². The molecule has 0 radical (unpaired) electrons. The number of carbonyl (C=O) groups excluding carboxylic acids is 1. The first-order chi connectivity index (χ1) is 18.5. The minimum atomic E-state index is -1.04. The van der Waals surface area contributed by atoms with Gasteiger partial charge in [0.2, 0.25) is 0 Å². The zero-order valence-electron chi connectivity index (χ0n) is 21.5. The quantitative estimate of drug-likeness (QED) is 0.245. The van der Waals surface area contributed by atoms with Gasteiger partial charge in [-0.15, -0.1) is 0 Å². The molecule has 0 unspecified atom stereocenters. The van der Waals surface area contributed by atoms with Gasteiger partial charge in [0.1, 0.15) is 24.5 Å². The van der Waals surface area contributed by atoms with Crippen molar-refractivity contribution in [3.8, 4) is 5.75 Å². The Morgan fingerprint density at radius 2 is 1.71 bits per heavy atom. The van der Waals surface area contributed by atoms with E-state index in [-0.39, 0.29) is 11.5 Å². The Morgan fingerprint density at radius 3 is 2.50 bits per heavy atom. The number of aromatic nitrogens is 2. The third-order valence-corrected chi connectivity index (χ3v) is 6.23. The first kappa shape index (κ1) is 26.6. The van der Waals surface area contributed by atoms with E-state index in [1.54, 1.807) is 24.3 Å². The predicted molar refractivity (Wildman–Crippen MR) is 148 cm³/mol. The number of hydrogen-bond donors (Lipinski definition) is 3. The van der Waals surface area contributed by atoms with Crippen LogP contribution in [0.4, 0.5) is 11.5 Å². The number of rotatable bonds is 12. The monoisotopic (exact) mass is 513 g/mol. The number of carboxylic acid groups (broad SMARTS) is 1. The zero-order chi connectivity index (χ0) is 26.9. The van der Waals surface area contributed by atoms with Gasteiger partial charge in [-0.05, 0) is 55.1 Å². The molecule has 4 rings (SSSR count). The molecule has 38 heavy (non-hydrogen) atoms. The average molecular weight is 514 g/mol. The predicted octanol–water partition coefficient (Wildman–Crippen LogP) is 4.91. The second-order valence-electron chi connectivity index (χ2n) is 8.61. The molecule has 196 valence electrons. The van der Waals surface area contributed by atoms with Crippen molar-refractivity contribution in [2.75, 3.05) is 36.9 Å². The van der Waals surface area contributed by atoms with E-state index in [2.05, 4.69) is 39.3 Å². The van der Waals surface area contributed by atoms with E-state index in [1.165, 1.54) is 12.4 Å². The molecule has 0 aliphatic rings. The van der Waals surface area contributed by atoms with Gasteiger partial charge in [0.25, 0.3) is 5.91 Å². The molecule has 0 spiro atoms. The summed E-state index contributed by atoms with van der Waals surface area (Å²) in [6.45, 7) is 7.82. The molecule has 0 atom stereocenters. The number of benzene rings is 3. The van der Waals surface area contributed by atoms with Crippen LogP contribution in [0.1, 0.15) is 40.1 Å². The van der Waals surface area contributed by atoms with Gasteiger partial charge in [-0.25, -0.2) is 14.8 Å². The lowest BCUT2D eigenvalue weighted by atomic mass is 10.1. The lowest BCUT2D eigenvalue weighted by Gasteiger charge is -2.19. The Kier molecular flexibility index (Phi) is 8.84. The van der Waals surface area contributed by atoms with Crippen LogP contribution in [-0.2, 0) is 6.54 Å². The van der Waals surface area contributed by atoms with Crippen LogP contribution < -0.4 is 15.4 Å². The van der Waals surface area contributed by atoms with Crippen LogP contribution in [0.2, 0.25) is 0 Å². The third kappa shape index (κ3) is 6.43. The van der Waals surface area contributed by atoms with Crippen LogP contribution in [-0.4, -0.2) is 58.1 Å². The fraction of sp³-hybridized carbons (Fsp3) is 0.241. The van der Waals surface area contributed by atoms with Gasteiger partial charge in [0.15, 0.2) is 0 Å². The molecular formula is C29H31N5O4. The highest BCUT2D eigenvalue weighted by molar-refractivity contribution is 6.06. The van der Waals surface area contributed by atoms with E-state index in [1.807, 2.05) is 36.4 Å². The van der Waals surface area contributed by atoms with Gasteiger partial charge in [-0.1, -0.05) is 44.2 Å². The smallest absolute Gasteiger partial charge is 0.337 e. The van der Waals surface area contributed by atoms with E-state index in [4.69, 9.17) is 4.74 Å². The fourth-order valence-corrected chi connectivity index (χ4v) is 4.15. The van der Waals surface area contributed by atoms with Crippen molar-refractivity contribution in [3.05, 3.63) is 89.7 Å². The Morgan fingerprint density at radius 1 is 0.947 bits per heavy atom. The second-order valence-corrected chi connectivity index (χ2v) is 8.61. The first-order valence-electron chi connectivity index (χ1n) is 12.6. The Labute approximate surface area is 221 Å². The van der Waals surface area contributed by atoms with E-state index >= 15 is 0 Å². The van der Waals surface area contributed by atoms with E-state index in [0.717, 1.165) is 25.2 Å². The number of anilines is 2. The summed E-state index contributed by atoms with van der Waals surface area (Å²) in [5, 5.41) is 16.3. The highest BCUT2D eigenvalue weighted by Crippen LogP contribution is 2.24. The maximum atomic E-state index is 13.1. The largest absolute Gasteiger partial charge is 0.491 e. The number of hydrogen-bond acceptors (Lipinski definition) is 7. The summed E-state index contributed by atoms with van der Waals surface area (Å²) in [5.41, 5.74) is 2.52. The Balaban J connectivity index is 1.43. The van der Waals surface area contributed by atoms with Gasteiger partial charge >= 0.3 is 5.97 Å². The first-order valence-corrected chi connectivity index (χ1v) is 12.6. The highest BCUT2D eigenvalue weighted by atomic mass is 16.5. The maximum Gasteiger partial charge on any atom is 0.337 e. The SMILES string of the molecule is CCN(CC)CCOc1ccccc1C(=O)Nc1cccc(CNc2ncnc3c(C(=O)O)cccc23)c1. The molecule has 3 aromatic carbocycles. The van der Waals surface area contributed by atoms with Crippen molar-refractivity contribution < 1.29 is 19.4 Å². The molecule has 0 fully saturated rings. The van der Waals surface area contributed by atoms with E-state index in [9.17, 15) is 14.7 Å². The summed E-state index contributed by atoms with van der Waals surface area (Å²) < 4.78 is 5.94. The number of ether oxygens (including phenoxy) is 1. The van der Waals surface area contributed by atoms with Crippen LogP contribution in [0.25, 0.3) is 10.9 Å². The highest BCUT2D eigenvalue weighted by Gasteiger charge is 2.14. The molecular weight excluding hydrogens is 482 g/mol. The van der Waals surface area contributed by atoms with Crippen molar-refractivity contribution >= 4 is 34.3 Å². The topological polar surface area (TPSA) is 117 Å². The third-order valence-electron chi connectivity index (χ3n) is 6.23. The summed E-state index contributed by atoms with van der Waals surface area (Å²) >= 11 is 0. The maximum absolute atomic E-state index is 13.1.